The number of thioether (sulfide) groups is 1. The van der Waals surface area contributed by atoms with E-state index in [1.54, 1.807) is 11.8 Å². The zero-order chi connectivity index (χ0) is 24.7. The van der Waals surface area contributed by atoms with Crippen molar-refractivity contribution in [2.45, 2.75) is 23.7 Å². The van der Waals surface area contributed by atoms with Gasteiger partial charge in [0.2, 0.25) is 11.8 Å². The Morgan fingerprint density at radius 1 is 0.714 bits per heavy atom. The number of carbonyl (C=O) groups is 2. The van der Waals surface area contributed by atoms with Gasteiger partial charge in [-0.25, -0.2) is 9.97 Å². The molecule has 4 N–H and O–H groups in total. The van der Waals surface area contributed by atoms with Crippen LogP contribution in [0.2, 0.25) is 0 Å². The van der Waals surface area contributed by atoms with Gasteiger partial charge in [-0.3, -0.25) is 9.59 Å². The minimum absolute atomic E-state index is 0.444. The highest BCUT2D eigenvalue weighted by Gasteiger charge is 2.44. The molecule has 2 aromatic heterocycles. The Morgan fingerprint density at radius 3 is 1.43 bits per heavy atom. The van der Waals surface area contributed by atoms with Crippen LogP contribution in [0.3, 0.4) is 0 Å². The molecule has 0 aliphatic heterocycles. The average Bonchev–Trinajstić information content (AvgIpc) is 3.60. The van der Waals surface area contributed by atoms with Gasteiger partial charge in [0.15, 0.2) is 0 Å². The third-order valence-corrected chi connectivity index (χ3v) is 8.71. The van der Waals surface area contributed by atoms with Crippen molar-refractivity contribution in [3.05, 3.63) is 94.5 Å². The van der Waals surface area contributed by atoms with Crippen LogP contribution in [-0.4, -0.2) is 42.0 Å². The van der Waals surface area contributed by atoms with E-state index in [-0.39, 0.29) is 0 Å². The van der Waals surface area contributed by atoms with Gasteiger partial charge in [-0.1, -0.05) is 60.7 Å². The molecule has 0 radical (unpaired) electrons. The molecular formula is C24H24N6O2S3. The summed E-state index contributed by atoms with van der Waals surface area (Å²) >= 11 is 3.97. The maximum Gasteiger partial charge on any atom is 0.235 e. The smallest absolute Gasteiger partial charge is 0.235 e. The molecular weight excluding hydrogens is 501 g/mol. The van der Waals surface area contributed by atoms with Crippen LogP contribution in [0.25, 0.3) is 0 Å². The fourth-order valence-corrected chi connectivity index (χ4v) is 6.85. The predicted octanol–water partition coefficient (Wildman–Crippen LogP) is 3.15. The van der Waals surface area contributed by atoms with Crippen LogP contribution in [0.5, 0.6) is 0 Å². The number of nitrogens with zero attached hydrogens (tertiary/aromatic N) is 4. The molecule has 2 amide bonds. The molecule has 8 nitrogen and oxygen atoms in total. The van der Waals surface area contributed by atoms with E-state index >= 15 is 0 Å². The molecule has 4 aromatic rings. The fraction of sp³-hybridized carbons (Fsp3) is 0.250. The summed E-state index contributed by atoms with van der Waals surface area (Å²) in [5, 5.41) is 1.14. The highest BCUT2D eigenvalue weighted by atomic mass is 32.2. The fourth-order valence-electron chi connectivity index (χ4n) is 4.21. The number of rotatable bonds is 12. The lowest BCUT2D eigenvalue weighted by Gasteiger charge is -2.30. The number of amides is 2. The molecule has 2 aromatic carbocycles. The van der Waals surface area contributed by atoms with E-state index in [9.17, 15) is 9.59 Å². The van der Waals surface area contributed by atoms with Gasteiger partial charge in [0.1, 0.15) is 33.5 Å². The summed E-state index contributed by atoms with van der Waals surface area (Å²) in [7, 11) is 0. The zero-order valence-electron chi connectivity index (χ0n) is 18.7. The lowest BCUT2D eigenvalue weighted by molar-refractivity contribution is -0.123. The van der Waals surface area contributed by atoms with Crippen molar-refractivity contribution in [3.63, 3.8) is 0 Å². The summed E-state index contributed by atoms with van der Waals surface area (Å²) < 4.78 is 8.21. The van der Waals surface area contributed by atoms with E-state index in [0.717, 1.165) is 11.1 Å². The third-order valence-electron chi connectivity index (χ3n) is 6.07. The van der Waals surface area contributed by atoms with Crippen LogP contribution in [0.4, 0.5) is 0 Å². The van der Waals surface area contributed by atoms with Crippen LogP contribution < -0.4 is 11.5 Å². The largest absolute Gasteiger partial charge is 0.369 e. The minimum Gasteiger partial charge on any atom is -0.369 e. The first-order valence-corrected chi connectivity index (χ1v) is 13.5. The number of benzene rings is 2. The molecule has 0 bridgehead atoms. The van der Waals surface area contributed by atoms with Crippen LogP contribution >= 0.6 is 34.8 Å². The Hall–Kier alpha value is -3.15. The van der Waals surface area contributed by atoms with Crippen molar-refractivity contribution in [2.24, 2.45) is 11.5 Å². The summed E-state index contributed by atoms with van der Waals surface area (Å²) in [5.41, 5.74) is 11.4. The Bertz CT molecular complexity index is 1140. The molecule has 0 fully saturated rings. The standard InChI is InChI=1S/C24H24N6O2S3/c25-19(31)23(21-27-15-29-34-21,17-7-3-1-4-8-17)11-13-33-14-12-24(20(26)32,22-28-16-30-35-22)18-9-5-2-6-10-18/h1-10,15-16H,11-14H2,(H2,25,31)(H2,26,32). The van der Waals surface area contributed by atoms with Crippen LogP contribution in [0.15, 0.2) is 73.3 Å². The lowest BCUT2D eigenvalue weighted by atomic mass is 9.77. The molecule has 0 saturated heterocycles. The van der Waals surface area contributed by atoms with E-state index in [4.69, 9.17) is 11.5 Å². The Labute approximate surface area is 215 Å². The number of nitrogens with two attached hydrogens (primary N) is 2. The molecule has 0 aliphatic rings. The predicted molar refractivity (Wildman–Crippen MR) is 139 cm³/mol. The lowest BCUT2D eigenvalue weighted by Crippen LogP contribution is -2.43. The molecule has 2 heterocycles. The Morgan fingerprint density at radius 2 is 1.11 bits per heavy atom. The molecule has 35 heavy (non-hydrogen) atoms. The van der Waals surface area contributed by atoms with Crippen molar-refractivity contribution >= 4 is 46.6 Å². The molecule has 11 heteroatoms. The first kappa shape index (κ1) is 25.0. The summed E-state index contributed by atoms with van der Waals surface area (Å²) in [5.74, 6) is 0.283. The first-order valence-electron chi connectivity index (χ1n) is 10.8. The van der Waals surface area contributed by atoms with Crippen LogP contribution in [0, 0.1) is 0 Å². The van der Waals surface area contributed by atoms with Crippen molar-refractivity contribution in [1.29, 1.82) is 0 Å². The normalized spacial score (nSPS) is 14.6. The average molecular weight is 525 g/mol. The van der Waals surface area contributed by atoms with E-state index in [1.807, 2.05) is 60.7 Å². The topological polar surface area (TPSA) is 138 Å². The second-order valence-corrected chi connectivity index (χ2v) is 10.7. The molecule has 2 atom stereocenters. The summed E-state index contributed by atoms with van der Waals surface area (Å²) in [4.78, 5) is 34.4. The van der Waals surface area contributed by atoms with Gasteiger partial charge in [0.25, 0.3) is 0 Å². The third kappa shape index (κ3) is 4.84. The molecule has 180 valence electrons. The SMILES string of the molecule is NC(=O)C(CCSCCC(C(N)=O)(c1ccccc1)c1ncns1)(c1ccccc1)c1ncns1. The van der Waals surface area contributed by atoms with E-state index < -0.39 is 22.6 Å². The summed E-state index contributed by atoms with van der Waals surface area (Å²) in [6.07, 6.45) is 3.77. The first-order chi connectivity index (χ1) is 17.0. The van der Waals surface area contributed by atoms with Crippen molar-refractivity contribution in [1.82, 2.24) is 18.7 Å². The highest BCUT2D eigenvalue weighted by molar-refractivity contribution is 7.99. The summed E-state index contributed by atoms with van der Waals surface area (Å²) in [6.45, 7) is 0. The summed E-state index contributed by atoms with van der Waals surface area (Å²) in [6, 6.07) is 18.9. The monoisotopic (exact) mass is 524 g/mol. The number of hydrogen-bond donors (Lipinski definition) is 2. The number of aromatic nitrogens is 4. The molecule has 0 spiro atoms. The van der Waals surface area contributed by atoms with Crippen LogP contribution in [-0.2, 0) is 20.4 Å². The van der Waals surface area contributed by atoms with E-state index in [0.29, 0.717) is 34.4 Å². The number of carbonyl (C=O) groups excluding carboxylic acids is 2. The van der Waals surface area contributed by atoms with Crippen molar-refractivity contribution in [3.8, 4) is 0 Å². The van der Waals surface area contributed by atoms with E-state index in [1.165, 1.54) is 35.7 Å². The quantitative estimate of drug-likeness (QED) is 0.272. The van der Waals surface area contributed by atoms with Crippen molar-refractivity contribution in [2.75, 3.05) is 11.5 Å². The van der Waals surface area contributed by atoms with Crippen LogP contribution in [0.1, 0.15) is 34.0 Å². The maximum absolute atomic E-state index is 12.8. The second-order valence-electron chi connectivity index (χ2n) is 7.88. The highest BCUT2D eigenvalue weighted by Crippen LogP contribution is 2.39. The Balaban J connectivity index is 1.54. The van der Waals surface area contributed by atoms with E-state index in [2.05, 4.69) is 18.7 Å². The van der Waals surface area contributed by atoms with Gasteiger partial charge in [-0.2, -0.15) is 20.5 Å². The van der Waals surface area contributed by atoms with Gasteiger partial charge in [0, 0.05) is 0 Å². The number of hydrogen-bond acceptors (Lipinski definition) is 9. The molecule has 0 saturated carbocycles. The second kappa shape index (κ2) is 11.1. The zero-order valence-corrected chi connectivity index (χ0v) is 21.2. The number of primary amides is 2. The van der Waals surface area contributed by atoms with Gasteiger partial charge in [-0.15, -0.1) is 0 Å². The van der Waals surface area contributed by atoms with Gasteiger partial charge < -0.3 is 11.5 Å². The van der Waals surface area contributed by atoms with Crippen molar-refractivity contribution < 1.29 is 9.59 Å². The van der Waals surface area contributed by atoms with Gasteiger partial charge in [-0.05, 0) is 58.5 Å². The maximum atomic E-state index is 12.8. The van der Waals surface area contributed by atoms with Gasteiger partial charge >= 0.3 is 0 Å². The molecule has 0 aliphatic carbocycles. The van der Waals surface area contributed by atoms with Gasteiger partial charge in [0.05, 0.1) is 0 Å². The Kier molecular flexibility index (Phi) is 7.89. The molecule has 2 unspecified atom stereocenters. The molecule has 4 rings (SSSR count). The minimum atomic E-state index is -1.07.